The number of amides is 1. The molecule has 2 aromatic carbocycles. The molecule has 6 heteroatoms. The number of rotatable bonds is 6. The van der Waals surface area contributed by atoms with Crippen LogP contribution >= 0.6 is 11.8 Å². The number of para-hydroxylation sites is 1. The van der Waals surface area contributed by atoms with Gasteiger partial charge >= 0.3 is 0 Å². The summed E-state index contributed by atoms with van der Waals surface area (Å²) in [5.41, 5.74) is 1.97. The lowest BCUT2D eigenvalue weighted by molar-refractivity contribution is -0.384. The Labute approximate surface area is 139 Å². The van der Waals surface area contributed by atoms with Gasteiger partial charge in [-0.25, -0.2) is 0 Å². The first-order valence-electron chi connectivity index (χ1n) is 7.23. The average molecular weight is 330 g/mol. The summed E-state index contributed by atoms with van der Waals surface area (Å²) in [5, 5.41) is 13.5. The molecule has 0 radical (unpaired) electrons. The third kappa shape index (κ3) is 4.82. The first-order chi connectivity index (χ1) is 11.0. The lowest BCUT2D eigenvalue weighted by Gasteiger charge is -2.13. The van der Waals surface area contributed by atoms with Crippen LogP contribution in [-0.4, -0.2) is 16.6 Å². The van der Waals surface area contributed by atoms with Gasteiger partial charge in [-0.1, -0.05) is 32.0 Å². The number of carbonyl (C=O) groups excluding carboxylic acids is 1. The van der Waals surface area contributed by atoms with Gasteiger partial charge in [0.1, 0.15) is 0 Å². The summed E-state index contributed by atoms with van der Waals surface area (Å²) < 4.78 is 0. The first-order valence-corrected chi connectivity index (χ1v) is 8.22. The lowest BCUT2D eigenvalue weighted by atomic mass is 10.0. The SMILES string of the molecule is CC(C)c1ccccc1NC(=O)CSc1ccc([N+](=O)[O-])cc1. The van der Waals surface area contributed by atoms with E-state index in [-0.39, 0.29) is 17.3 Å². The van der Waals surface area contributed by atoms with Gasteiger partial charge in [0.25, 0.3) is 5.69 Å². The van der Waals surface area contributed by atoms with Crippen LogP contribution in [0.4, 0.5) is 11.4 Å². The van der Waals surface area contributed by atoms with Crippen LogP contribution in [0.1, 0.15) is 25.3 Å². The Bertz CT molecular complexity index is 699. The Morgan fingerprint density at radius 3 is 2.43 bits per heavy atom. The van der Waals surface area contributed by atoms with Gasteiger partial charge in [-0.3, -0.25) is 14.9 Å². The molecule has 0 fully saturated rings. The molecule has 2 aromatic rings. The number of non-ortho nitro benzene ring substituents is 1. The molecule has 2 rings (SSSR count). The molecule has 1 N–H and O–H groups in total. The van der Waals surface area contributed by atoms with Crippen LogP contribution in [-0.2, 0) is 4.79 Å². The minimum absolute atomic E-state index is 0.0460. The number of benzene rings is 2. The third-order valence-electron chi connectivity index (χ3n) is 3.27. The molecule has 5 nitrogen and oxygen atoms in total. The van der Waals surface area contributed by atoms with Crippen molar-refractivity contribution in [3.63, 3.8) is 0 Å². The van der Waals surface area contributed by atoms with E-state index in [0.29, 0.717) is 5.92 Å². The van der Waals surface area contributed by atoms with Crippen LogP contribution in [0.15, 0.2) is 53.4 Å². The van der Waals surface area contributed by atoms with Crippen molar-refractivity contribution in [2.75, 3.05) is 11.1 Å². The van der Waals surface area contributed by atoms with Gasteiger partial charge in [0, 0.05) is 22.7 Å². The zero-order chi connectivity index (χ0) is 16.8. The smallest absolute Gasteiger partial charge is 0.269 e. The highest BCUT2D eigenvalue weighted by Crippen LogP contribution is 2.25. The van der Waals surface area contributed by atoms with E-state index in [2.05, 4.69) is 19.2 Å². The van der Waals surface area contributed by atoms with Crippen molar-refractivity contribution in [2.45, 2.75) is 24.7 Å². The molecular weight excluding hydrogens is 312 g/mol. The summed E-state index contributed by atoms with van der Waals surface area (Å²) in [4.78, 5) is 23.1. The van der Waals surface area contributed by atoms with Crippen molar-refractivity contribution in [3.05, 3.63) is 64.2 Å². The maximum absolute atomic E-state index is 12.1. The van der Waals surface area contributed by atoms with Gasteiger partial charge in [0.05, 0.1) is 10.7 Å². The lowest BCUT2D eigenvalue weighted by Crippen LogP contribution is -2.15. The van der Waals surface area contributed by atoms with E-state index in [9.17, 15) is 14.9 Å². The molecule has 0 aliphatic rings. The maximum Gasteiger partial charge on any atom is 0.269 e. The van der Waals surface area contributed by atoms with Crippen molar-refractivity contribution in [2.24, 2.45) is 0 Å². The zero-order valence-electron chi connectivity index (χ0n) is 13.0. The number of nitro groups is 1. The van der Waals surface area contributed by atoms with Crippen LogP contribution in [0.25, 0.3) is 0 Å². The Kier molecular flexibility index (Phi) is 5.76. The minimum atomic E-state index is -0.440. The van der Waals surface area contributed by atoms with Gasteiger partial charge in [-0.15, -0.1) is 11.8 Å². The predicted molar refractivity (Wildman–Crippen MR) is 93.0 cm³/mol. The van der Waals surface area contributed by atoms with E-state index in [1.807, 2.05) is 24.3 Å². The fourth-order valence-corrected chi connectivity index (χ4v) is 2.81. The Morgan fingerprint density at radius 2 is 1.83 bits per heavy atom. The molecule has 0 spiro atoms. The summed E-state index contributed by atoms with van der Waals surface area (Å²) in [7, 11) is 0. The number of nitrogens with one attached hydrogen (secondary N) is 1. The predicted octanol–water partition coefficient (Wildman–Crippen LogP) is 4.45. The number of nitro benzene ring substituents is 1. The van der Waals surface area contributed by atoms with Crippen molar-refractivity contribution in [1.82, 2.24) is 0 Å². The summed E-state index contributed by atoms with van der Waals surface area (Å²) in [6.07, 6.45) is 0. The minimum Gasteiger partial charge on any atom is -0.325 e. The molecule has 0 saturated carbocycles. The topological polar surface area (TPSA) is 72.2 Å². The fourth-order valence-electron chi connectivity index (χ4n) is 2.11. The number of nitrogens with zero attached hydrogens (tertiary/aromatic N) is 1. The molecule has 0 aliphatic heterocycles. The quantitative estimate of drug-likeness (QED) is 0.482. The van der Waals surface area contributed by atoms with Crippen LogP contribution in [0, 0.1) is 10.1 Å². The monoisotopic (exact) mass is 330 g/mol. The normalized spacial score (nSPS) is 10.6. The Morgan fingerprint density at radius 1 is 1.17 bits per heavy atom. The van der Waals surface area contributed by atoms with E-state index < -0.39 is 4.92 Å². The van der Waals surface area contributed by atoms with E-state index in [1.165, 1.54) is 23.9 Å². The van der Waals surface area contributed by atoms with Crippen LogP contribution in [0.5, 0.6) is 0 Å². The number of hydrogen-bond acceptors (Lipinski definition) is 4. The van der Waals surface area contributed by atoms with Crippen molar-refractivity contribution >= 4 is 29.0 Å². The number of thioether (sulfide) groups is 1. The van der Waals surface area contributed by atoms with Crippen molar-refractivity contribution in [1.29, 1.82) is 0 Å². The molecule has 23 heavy (non-hydrogen) atoms. The van der Waals surface area contributed by atoms with E-state index in [0.717, 1.165) is 16.1 Å². The molecule has 0 aliphatic carbocycles. The van der Waals surface area contributed by atoms with Crippen LogP contribution < -0.4 is 5.32 Å². The van der Waals surface area contributed by atoms with Crippen molar-refractivity contribution < 1.29 is 9.72 Å². The van der Waals surface area contributed by atoms with Gasteiger partial charge < -0.3 is 5.32 Å². The summed E-state index contributed by atoms with van der Waals surface area (Å²) in [5.74, 6) is 0.486. The largest absolute Gasteiger partial charge is 0.325 e. The molecule has 0 aromatic heterocycles. The molecule has 0 bridgehead atoms. The molecule has 0 saturated heterocycles. The van der Waals surface area contributed by atoms with Gasteiger partial charge in [-0.2, -0.15) is 0 Å². The van der Waals surface area contributed by atoms with Crippen LogP contribution in [0.3, 0.4) is 0 Å². The number of carbonyl (C=O) groups is 1. The summed E-state index contributed by atoms with van der Waals surface area (Å²) in [6.45, 7) is 4.16. The summed E-state index contributed by atoms with van der Waals surface area (Å²) >= 11 is 1.35. The highest BCUT2D eigenvalue weighted by atomic mass is 32.2. The fraction of sp³-hybridized carbons (Fsp3) is 0.235. The number of anilines is 1. The molecule has 0 heterocycles. The molecule has 1 amide bonds. The van der Waals surface area contributed by atoms with Crippen LogP contribution in [0.2, 0.25) is 0 Å². The maximum atomic E-state index is 12.1. The van der Waals surface area contributed by atoms with E-state index >= 15 is 0 Å². The Hall–Kier alpha value is -2.34. The van der Waals surface area contributed by atoms with Gasteiger partial charge in [0.2, 0.25) is 5.91 Å². The Balaban J connectivity index is 1.94. The molecule has 0 atom stereocenters. The standard InChI is InChI=1S/C17H18N2O3S/c1-12(2)15-5-3-4-6-16(15)18-17(20)11-23-14-9-7-13(8-10-14)19(21)22/h3-10,12H,11H2,1-2H3,(H,18,20). The van der Waals surface area contributed by atoms with Gasteiger partial charge in [-0.05, 0) is 29.7 Å². The second kappa shape index (κ2) is 7.78. The average Bonchev–Trinajstić information content (AvgIpc) is 2.53. The molecular formula is C17H18N2O3S. The summed E-state index contributed by atoms with van der Waals surface area (Å²) in [6, 6.07) is 13.9. The number of hydrogen-bond donors (Lipinski definition) is 1. The molecule has 120 valence electrons. The van der Waals surface area contributed by atoms with E-state index in [1.54, 1.807) is 12.1 Å². The second-order valence-electron chi connectivity index (χ2n) is 5.33. The molecule has 0 unspecified atom stereocenters. The third-order valence-corrected chi connectivity index (χ3v) is 4.29. The van der Waals surface area contributed by atoms with Gasteiger partial charge in [0.15, 0.2) is 0 Å². The first kappa shape index (κ1) is 17.0. The zero-order valence-corrected chi connectivity index (χ0v) is 13.8. The second-order valence-corrected chi connectivity index (χ2v) is 6.38. The highest BCUT2D eigenvalue weighted by Gasteiger charge is 2.10. The van der Waals surface area contributed by atoms with E-state index in [4.69, 9.17) is 0 Å². The van der Waals surface area contributed by atoms with Crippen molar-refractivity contribution in [3.8, 4) is 0 Å². The highest BCUT2D eigenvalue weighted by molar-refractivity contribution is 8.00.